The third-order valence-corrected chi connectivity index (χ3v) is 2.36. The van der Waals surface area contributed by atoms with Gasteiger partial charge in [-0.1, -0.05) is 29.8 Å². The molecule has 0 amide bonds. The van der Waals surface area contributed by atoms with Crippen LogP contribution in [0.1, 0.15) is 30.5 Å². The van der Waals surface area contributed by atoms with Crippen LogP contribution in [0.4, 0.5) is 0 Å². The first-order valence-corrected chi connectivity index (χ1v) is 4.76. The quantitative estimate of drug-likeness (QED) is 0.629. The third kappa shape index (κ3) is 2.11. The number of nitrogens with zero attached hydrogens (tertiary/aromatic N) is 1. The first kappa shape index (κ1) is 10.7. The maximum Gasteiger partial charge on any atom is 0.0392 e. The van der Waals surface area contributed by atoms with Gasteiger partial charge in [-0.25, -0.2) is 0 Å². The van der Waals surface area contributed by atoms with Crippen molar-refractivity contribution in [1.82, 2.24) is 0 Å². The summed E-state index contributed by atoms with van der Waals surface area (Å²) < 4.78 is 0. The van der Waals surface area contributed by atoms with Crippen LogP contribution in [-0.4, -0.2) is 12.8 Å². The van der Waals surface area contributed by atoms with Gasteiger partial charge in [0, 0.05) is 18.3 Å². The lowest BCUT2D eigenvalue weighted by molar-refractivity contribution is 1.37. The monoisotopic (exact) mass is 187 g/mol. The van der Waals surface area contributed by atoms with E-state index < -0.39 is 0 Å². The van der Waals surface area contributed by atoms with Crippen LogP contribution in [0.2, 0.25) is 0 Å². The Kier molecular flexibility index (Phi) is 3.23. The van der Waals surface area contributed by atoms with Gasteiger partial charge in [0.15, 0.2) is 0 Å². The zero-order valence-corrected chi connectivity index (χ0v) is 9.39. The number of hydrogen-bond donors (Lipinski definition) is 0. The molecular formula is C13H17N. The smallest absolute Gasteiger partial charge is 0.0392 e. The molecule has 1 aromatic carbocycles. The molecule has 0 heterocycles. The minimum Gasteiger partial charge on any atom is -0.293 e. The summed E-state index contributed by atoms with van der Waals surface area (Å²) >= 11 is 0. The predicted octanol–water partition coefficient (Wildman–Crippen LogP) is 3.47. The predicted molar refractivity (Wildman–Crippen MR) is 64.0 cm³/mol. The highest BCUT2D eigenvalue weighted by molar-refractivity contribution is 6.02. The Bertz CT molecular complexity index is 386. The van der Waals surface area contributed by atoms with Crippen LogP contribution in [0, 0.1) is 6.92 Å². The first-order chi connectivity index (χ1) is 6.56. The molecular weight excluding hydrogens is 170 g/mol. The molecule has 1 heteroatoms. The van der Waals surface area contributed by atoms with Crippen LogP contribution in [-0.2, 0) is 0 Å². The molecule has 0 spiro atoms. The zero-order chi connectivity index (χ0) is 10.7. The van der Waals surface area contributed by atoms with E-state index in [0.717, 1.165) is 11.3 Å². The standard InChI is InChI=1S/C13H17N/c1-9(2)12-7-6-10(3)8-13(12)11(4)14-5/h6-8H,1H2,2-5H3. The molecule has 0 aliphatic carbocycles. The van der Waals surface area contributed by atoms with Gasteiger partial charge in [0.25, 0.3) is 0 Å². The summed E-state index contributed by atoms with van der Waals surface area (Å²) in [6, 6.07) is 6.38. The maximum absolute atomic E-state index is 4.22. The van der Waals surface area contributed by atoms with Crippen LogP contribution in [0.25, 0.3) is 5.57 Å². The normalized spacial score (nSPS) is 11.6. The second kappa shape index (κ2) is 4.23. The van der Waals surface area contributed by atoms with Gasteiger partial charge in [0.2, 0.25) is 0 Å². The molecule has 0 N–H and O–H groups in total. The van der Waals surface area contributed by atoms with Crippen molar-refractivity contribution in [2.75, 3.05) is 7.05 Å². The Labute approximate surface area is 86.2 Å². The minimum atomic E-state index is 1.06. The van der Waals surface area contributed by atoms with E-state index in [2.05, 4.69) is 36.7 Å². The van der Waals surface area contributed by atoms with E-state index in [-0.39, 0.29) is 0 Å². The zero-order valence-electron chi connectivity index (χ0n) is 9.39. The molecule has 1 aromatic rings. The lowest BCUT2D eigenvalue weighted by Crippen LogP contribution is -2.00. The molecule has 0 bridgehead atoms. The first-order valence-electron chi connectivity index (χ1n) is 4.76. The SMILES string of the molecule is C=C(C)c1ccc(C)cc1C(C)=NC. The number of aliphatic imine (C=N–C) groups is 1. The van der Waals surface area contributed by atoms with Gasteiger partial charge in [-0.15, -0.1) is 0 Å². The average molecular weight is 187 g/mol. The summed E-state index contributed by atoms with van der Waals surface area (Å²) in [5, 5.41) is 0. The molecule has 0 fully saturated rings. The largest absolute Gasteiger partial charge is 0.293 e. The van der Waals surface area contributed by atoms with E-state index in [1.54, 1.807) is 0 Å². The molecule has 0 aliphatic heterocycles. The lowest BCUT2D eigenvalue weighted by Gasteiger charge is -2.09. The molecule has 1 nitrogen and oxygen atoms in total. The molecule has 14 heavy (non-hydrogen) atoms. The minimum absolute atomic E-state index is 1.06. The number of allylic oxidation sites excluding steroid dienone is 1. The van der Waals surface area contributed by atoms with Crippen molar-refractivity contribution >= 4 is 11.3 Å². The van der Waals surface area contributed by atoms with Crippen molar-refractivity contribution in [1.29, 1.82) is 0 Å². The van der Waals surface area contributed by atoms with Gasteiger partial charge in [-0.2, -0.15) is 0 Å². The fraction of sp³-hybridized carbons (Fsp3) is 0.308. The van der Waals surface area contributed by atoms with E-state index in [1.165, 1.54) is 16.7 Å². The van der Waals surface area contributed by atoms with Gasteiger partial charge < -0.3 is 0 Å². The van der Waals surface area contributed by atoms with Gasteiger partial charge in [0.1, 0.15) is 0 Å². The van der Waals surface area contributed by atoms with Crippen molar-refractivity contribution < 1.29 is 0 Å². The summed E-state index contributed by atoms with van der Waals surface area (Å²) in [5.41, 5.74) is 5.79. The van der Waals surface area contributed by atoms with Crippen molar-refractivity contribution in [3.8, 4) is 0 Å². The van der Waals surface area contributed by atoms with Crippen molar-refractivity contribution in [3.05, 3.63) is 41.5 Å². The Morgan fingerprint density at radius 2 is 1.86 bits per heavy atom. The molecule has 0 saturated carbocycles. The Morgan fingerprint density at radius 3 is 2.36 bits per heavy atom. The van der Waals surface area contributed by atoms with Crippen LogP contribution < -0.4 is 0 Å². The topological polar surface area (TPSA) is 12.4 Å². The Hall–Kier alpha value is -1.37. The molecule has 0 aliphatic rings. The van der Waals surface area contributed by atoms with Crippen LogP contribution >= 0.6 is 0 Å². The van der Waals surface area contributed by atoms with E-state index in [1.807, 2.05) is 20.9 Å². The molecule has 74 valence electrons. The second-order valence-electron chi connectivity index (χ2n) is 3.64. The summed E-state index contributed by atoms with van der Waals surface area (Å²) in [7, 11) is 1.82. The highest BCUT2D eigenvalue weighted by Gasteiger charge is 2.05. The van der Waals surface area contributed by atoms with Crippen LogP contribution in [0.15, 0.2) is 29.8 Å². The number of aryl methyl sites for hydroxylation is 1. The fourth-order valence-corrected chi connectivity index (χ4v) is 1.45. The molecule has 0 radical (unpaired) electrons. The van der Waals surface area contributed by atoms with Crippen LogP contribution in [0.3, 0.4) is 0 Å². The summed E-state index contributed by atoms with van der Waals surface area (Å²) in [6.07, 6.45) is 0. The van der Waals surface area contributed by atoms with Gasteiger partial charge in [0.05, 0.1) is 0 Å². The number of hydrogen-bond acceptors (Lipinski definition) is 1. The number of rotatable bonds is 2. The second-order valence-corrected chi connectivity index (χ2v) is 3.64. The molecule has 0 aromatic heterocycles. The van der Waals surface area contributed by atoms with E-state index in [4.69, 9.17) is 0 Å². The van der Waals surface area contributed by atoms with E-state index in [0.29, 0.717) is 0 Å². The molecule has 0 unspecified atom stereocenters. The van der Waals surface area contributed by atoms with Crippen molar-refractivity contribution in [2.24, 2.45) is 4.99 Å². The molecule has 1 rings (SSSR count). The highest BCUT2D eigenvalue weighted by Crippen LogP contribution is 2.19. The van der Waals surface area contributed by atoms with Gasteiger partial charge in [-0.3, -0.25) is 4.99 Å². The third-order valence-electron chi connectivity index (χ3n) is 2.36. The van der Waals surface area contributed by atoms with Crippen molar-refractivity contribution in [2.45, 2.75) is 20.8 Å². The average Bonchev–Trinajstić information content (AvgIpc) is 2.16. The summed E-state index contributed by atoms with van der Waals surface area (Å²) in [6.45, 7) is 10.1. The maximum atomic E-state index is 4.22. The molecule has 0 atom stereocenters. The van der Waals surface area contributed by atoms with Gasteiger partial charge >= 0.3 is 0 Å². The highest BCUT2D eigenvalue weighted by atomic mass is 14.7. The van der Waals surface area contributed by atoms with E-state index >= 15 is 0 Å². The Morgan fingerprint density at radius 1 is 1.21 bits per heavy atom. The van der Waals surface area contributed by atoms with Crippen LogP contribution in [0.5, 0.6) is 0 Å². The Balaban J connectivity index is 3.37. The summed E-state index contributed by atoms with van der Waals surface area (Å²) in [5.74, 6) is 0. The fourth-order valence-electron chi connectivity index (χ4n) is 1.45. The van der Waals surface area contributed by atoms with E-state index in [9.17, 15) is 0 Å². The van der Waals surface area contributed by atoms with Crippen molar-refractivity contribution in [3.63, 3.8) is 0 Å². The number of benzene rings is 1. The summed E-state index contributed by atoms with van der Waals surface area (Å²) in [4.78, 5) is 4.22. The van der Waals surface area contributed by atoms with Gasteiger partial charge in [-0.05, 0) is 32.4 Å². The molecule has 0 saturated heterocycles. The lowest BCUT2D eigenvalue weighted by atomic mass is 9.97.